The molecular formula is C18H24N2O. The molecule has 21 heavy (non-hydrogen) atoms. The van der Waals surface area contributed by atoms with Crippen LogP contribution in [-0.2, 0) is 0 Å². The van der Waals surface area contributed by atoms with Crippen LogP contribution in [0.3, 0.4) is 0 Å². The van der Waals surface area contributed by atoms with Crippen LogP contribution in [0.15, 0.2) is 48.5 Å². The van der Waals surface area contributed by atoms with Crippen LogP contribution in [0.2, 0.25) is 0 Å². The molecule has 0 radical (unpaired) electrons. The van der Waals surface area contributed by atoms with E-state index < -0.39 is 0 Å². The van der Waals surface area contributed by atoms with Crippen molar-refractivity contribution in [3.8, 4) is 5.75 Å². The van der Waals surface area contributed by atoms with Gasteiger partial charge in [0.1, 0.15) is 5.75 Å². The third-order valence-corrected chi connectivity index (χ3v) is 4.06. The van der Waals surface area contributed by atoms with Gasteiger partial charge in [0, 0.05) is 5.92 Å². The zero-order valence-electron chi connectivity index (χ0n) is 13.0. The molecule has 0 aliphatic heterocycles. The summed E-state index contributed by atoms with van der Waals surface area (Å²) in [4.78, 5) is 0. The topological polar surface area (TPSA) is 47.3 Å². The molecule has 0 bridgehead atoms. The Morgan fingerprint density at radius 1 is 1.14 bits per heavy atom. The Labute approximate surface area is 127 Å². The normalized spacial score (nSPS) is 13.7. The van der Waals surface area contributed by atoms with Crippen molar-refractivity contribution in [1.29, 1.82) is 0 Å². The Balaban J connectivity index is 2.38. The first-order valence-electron chi connectivity index (χ1n) is 7.36. The fourth-order valence-corrected chi connectivity index (χ4v) is 2.91. The maximum absolute atomic E-state index is 5.88. The molecule has 0 aliphatic carbocycles. The fraction of sp³-hybridized carbons (Fsp3) is 0.333. The molecule has 3 heteroatoms. The highest BCUT2D eigenvalue weighted by molar-refractivity contribution is 5.38. The zero-order valence-corrected chi connectivity index (χ0v) is 13.0. The SMILES string of the molecule is CCC(c1ccccc1)C(NN)c1ccc(OC)cc1C. The second kappa shape index (κ2) is 7.25. The van der Waals surface area contributed by atoms with Gasteiger partial charge in [0.05, 0.1) is 13.2 Å². The van der Waals surface area contributed by atoms with Gasteiger partial charge in [-0.25, -0.2) is 0 Å². The lowest BCUT2D eigenvalue weighted by atomic mass is 9.84. The summed E-state index contributed by atoms with van der Waals surface area (Å²) in [5.74, 6) is 7.09. The summed E-state index contributed by atoms with van der Waals surface area (Å²) in [5.41, 5.74) is 6.71. The minimum Gasteiger partial charge on any atom is -0.497 e. The number of nitrogens with one attached hydrogen (secondary N) is 1. The van der Waals surface area contributed by atoms with E-state index in [9.17, 15) is 0 Å². The average Bonchev–Trinajstić information content (AvgIpc) is 2.53. The number of benzene rings is 2. The van der Waals surface area contributed by atoms with Crippen LogP contribution in [0.1, 0.15) is 42.0 Å². The molecular weight excluding hydrogens is 260 g/mol. The Kier molecular flexibility index (Phi) is 5.37. The van der Waals surface area contributed by atoms with Gasteiger partial charge in [-0.05, 0) is 42.2 Å². The van der Waals surface area contributed by atoms with Crippen molar-refractivity contribution < 1.29 is 4.74 Å². The van der Waals surface area contributed by atoms with Crippen molar-refractivity contribution in [2.45, 2.75) is 32.2 Å². The first kappa shape index (κ1) is 15.5. The van der Waals surface area contributed by atoms with Crippen molar-refractivity contribution in [3.63, 3.8) is 0 Å². The molecule has 3 N–H and O–H groups in total. The van der Waals surface area contributed by atoms with Crippen LogP contribution < -0.4 is 16.0 Å². The number of rotatable bonds is 6. The molecule has 2 unspecified atom stereocenters. The van der Waals surface area contributed by atoms with Crippen molar-refractivity contribution >= 4 is 0 Å². The molecule has 0 fully saturated rings. The largest absolute Gasteiger partial charge is 0.497 e. The molecule has 112 valence electrons. The highest BCUT2D eigenvalue weighted by Gasteiger charge is 2.23. The molecule has 0 aromatic heterocycles. The standard InChI is InChI=1S/C18H24N2O/c1-4-16(14-8-6-5-7-9-14)18(20-19)17-11-10-15(21-3)12-13(17)2/h5-12,16,18,20H,4,19H2,1-3H3. The molecule has 2 aromatic rings. The molecule has 0 spiro atoms. The molecule has 0 heterocycles. The van der Waals surface area contributed by atoms with E-state index in [1.165, 1.54) is 16.7 Å². The number of hydrogen-bond donors (Lipinski definition) is 2. The first-order valence-corrected chi connectivity index (χ1v) is 7.36. The average molecular weight is 284 g/mol. The second-order valence-corrected chi connectivity index (χ2v) is 5.29. The number of hydrogen-bond acceptors (Lipinski definition) is 3. The molecule has 3 nitrogen and oxygen atoms in total. The molecule has 2 atom stereocenters. The van der Waals surface area contributed by atoms with Crippen molar-refractivity contribution in [2.24, 2.45) is 5.84 Å². The van der Waals surface area contributed by atoms with E-state index in [0.717, 1.165) is 12.2 Å². The maximum Gasteiger partial charge on any atom is 0.119 e. The quantitative estimate of drug-likeness (QED) is 0.628. The lowest BCUT2D eigenvalue weighted by Crippen LogP contribution is -2.33. The second-order valence-electron chi connectivity index (χ2n) is 5.29. The van der Waals surface area contributed by atoms with Crippen LogP contribution in [0.5, 0.6) is 5.75 Å². The van der Waals surface area contributed by atoms with Crippen LogP contribution in [0.4, 0.5) is 0 Å². The summed E-state index contributed by atoms with van der Waals surface area (Å²) in [5, 5.41) is 0. The van der Waals surface area contributed by atoms with E-state index >= 15 is 0 Å². The Bertz CT molecular complexity index is 569. The van der Waals surface area contributed by atoms with Gasteiger partial charge in [-0.15, -0.1) is 0 Å². The fourth-order valence-electron chi connectivity index (χ4n) is 2.91. The summed E-state index contributed by atoms with van der Waals surface area (Å²) >= 11 is 0. The molecule has 0 amide bonds. The van der Waals surface area contributed by atoms with E-state index in [4.69, 9.17) is 10.6 Å². The van der Waals surface area contributed by atoms with Crippen LogP contribution in [0.25, 0.3) is 0 Å². The summed E-state index contributed by atoms with van der Waals surface area (Å²) < 4.78 is 5.28. The van der Waals surface area contributed by atoms with Crippen LogP contribution in [-0.4, -0.2) is 7.11 Å². The smallest absolute Gasteiger partial charge is 0.119 e. The Morgan fingerprint density at radius 2 is 1.86 bits per heavy atom. The van der Waals surface area contributed by atoms with Crippen LogP contribution >= 0.6 is 0 Å². The Morgan fingerprint density at radius 3 is 2.38 bits per heavy atom. The monoisotopic (exact) mass is 284 g/mol. The van der Waals surface area contributed by atoms with E-state index in [2.05, 4.69) is 55.7 Å². The van der Waals surface area contributed by atoms with Crippen molar-refractivity contribution in [1.82, 2.24) is 5.43 Å². The highest BCUT2D eigenvalue weighted by atomic mass is 16.5. The summed E-state index contributed by atoms with van der Waals surface area (Å²) in [7, 11) is 1.69. The predicted octanol–water partition coefficient (Wildman–Crippen LogP) is 3.70. The lowest BCUT2D eigenvalue weighted by molar-refractivity contribution is 0.412. The molecule has 0 aliphatic rings. The maximum atomic E-state index is 5.88. The van der Waals surface area contributed by atoms with Gasteiger partial charge in [0.25, 0.3) is 0 Å². The van der Waals surface area contributed by atoms with E-state index in [1.807, 2.05) is 12.1 Å². The predicted molar refractivity (Wildman–Crippen MR) is 87.3 cm³/mol. The van der Waals surface area contributed by atoms with Gasteiger partial charge in [-0.2, -0.15) is 0 Å². The summed E-state index contributed by atoms with van der Waals surface area (Å²) in [6.07, 6.45) is 1.02. The zero-order chi connectivity index (χ0) is 15.2. The van der Waals surface area contributed by atoms with Crippen LogP contribution in [0, 0.1) is 6.92 Å². The molecule has 0 saturated carbocycles. The lowest BCUT2D eigenvalue weighted by Gasteiger charge is -2.28. The van der Waals surface area contributed by atoms with E-state index in [1.54, 1.807) is 7.11 Å². The minimum atomic E-state index is 0.0864. The third-order valence-electron chi connectivity index (χ3n) is 4.06. The molecule has 2 rings (SSSR count). The van der Waals surface area contributed by atoms with Gasteiger partial charge < -0.3 is 4.74 Å². The number of hydrazine groups is 1. The molecule has 2 aromatic carbocycles. The third kappa shape index (κ3) is 3.43. The number of methoxy groups -OCH3 is 1. The first-order chi connectivity index (χ1) is 10.2. The summed E-state index contributed by atoms with van der Waals surface area (Å²) in [6.45, 7) is 4.29. The van der Waals surface area contributed by atoms with Gasteiger partial charge >= 0.3 is 0 Å². The van der Waals surface area contributed by atoms with E-state index in [0.29, 0.717) is 5.92 Å². The number of ether oxygens (including phenoxy) is 1. The minimum absolute atomic E-state index is 0.0864. The Hall–Kier alpha value is -1.84. The van der Waals surface area contributed by atoms with Gasteiger partial charge in [-0.1, -0.05) is 43.3 Å². The summed E-state index contributed by atoms with van der Waals surface area (Å²) in [6, 6.07) is 16.8. The van der Waals surface area contributed by atoms with Crippen molar-refractivity contribution in [3.05, 3.63) is 65.2 Å². The van der Waals surface area contributed by atoms with Crippen molar-refractivity contribution in [2.75, 3.05) is 7.11 Å². The number of aryl methyl sites for hydroxylation is 1. The van der Waals surface area contributed by atoms with Gasteiger partial charge in [0.15, 0.2) is 0 Å². The highest BCUT2D eigenvalue weighted by Crippen LogP contribution is 2.35. The van der Waals surface area contributed by atoms with Gasteiger partial charge in [0.2, 0.25) is 0 Å². The number of nitrogens with two attached hydrogens (primary N) is 1. The molecule has 0 saturated heterocycles. The van der Waals surface area contributed by atoms with Gasteiger partial charge in [-0.3, -0.25) is 11.3 Å². The van der Waals surface area contributed by atoms with E-state index in [-0.39, 0.29) is 6.04 Å².